The fourth-order valence-electron chi connectivity index (χ4n) is 1.95. The second kappa shape index (κ2) is 6.70. The minimum absolute atomic E-state index is 0.131. The highest BCUT2D eigenvalue weighted by atomic mass is 16.6. The number of carbonyl (C=O) groups is 2. The van der Waals surface area contributed by atoms with Gasteiger partial charge in [0, 0.05) is 5.56 Å². The van der Waals surface area contributed by atoms with Crippen molar-refractivity contribution in [3.63, 3.8) is 0 Å². The van der Waals surface area contributed by atoms with Gasteiger partial charge in [-0.05, 0) is 24.6 Å². The van der Waals surface area contributed by atoms with Gasteiger partial charge in [-0.15, -0.1) is 0 Å². The Balaban J connectivity index is 2.29. The molecule has 0 aromatic heterocycles. The molecule has 2 aromatic rings. The zero-order chi connectivity index (χ0) is 15.2. The first kappa shape index (κ1) is 14.8. The van der Waals surface area contributed by atoms with Crippen molar-refractivity contribution in [2.24, 2.45) is 0 Å². The fourth-order valence-corrected chi connectivity index (χ4v) is 1.95. The summed E-state index contributed by atoms with van der Waals surface area (Å²) < 4.78 is 9.90. The molecular formula is C17H16O4. The van der Waals surface area contributed by atoms with Crippen LogP contribution < -0.4 is 4.74 Å². The first-order valence-electron chi connectivity index (χ1n) is 6.52. The summed E-state index contributed by atoms with van der Waals surface area (Å²) in [6.45, 7) is 1.65. The lowest BCUT2D eigenvalue weighted by atomic mass is 9.98. The summed E-state index contributed by atoms with van der Waals surface area (Å²) in [6, 6.07) is 14.2. The zero-order valence-electron chi connectivity index (χ0n) is 12.0. The maximum absolute atomic E-state index is 12.6. The molecule has 0 atom stereocenters. The number of rotatable bonds is 5. The zero-order valence-corrected chi connectivity index (χ0v) is 12.0. The maximum Gasteiger partial charge on any atom is 0.343 e. The first-order valence-corrected chi connectivity index (χ1v) is 6.52. The number of benzene rings is 2. The van der Waals surface area contributed by atoms with Crippen LogP contribution in [0, 0.1) is 6.92 Å². The highest BCUT2D eigenvalue weighted by molar-refractivity contribution is 6.11. The number of methoxy groups -OCH3 is 1. The maximum atomic E-state index is 12.6. The summed E-state index contributed by atoms with van der Waals surface area (Å²) in [5, 5.41) is 0. The lowest BCUT2D eigenvalue weighted by Gasteiger charge is -2.11. The minimum Gasteiger partial charge on any atom is -0.481 e. The molecule has 0 aliphatic carbocycles. The van der Waals surface area contributed by atoms with E-state index in [0.717, 1.165) is 5.56 Å². The monoisotopic (exact) mass is 284 g/mol. The highest BCUT2D eigenvalue weighted by Gasteiger charge is 2.16. The van der Waals surface area contributed by atoms with Gasteiger partial charge in [-0.2, -0.15) is 0 Å². The van der Waals surface area contributed by atoms with E-state index in [1.807, 2.05) is 25.1 Å². The minimum atomic E-state index is -0.492. The summed E-state index contributed by atoms with van der Waals surface area (Å²) in [6.07, 6.45) is 0. The topological polar surface area (TPSA) is 52.6 Å². The summed E-state index contributed by atoms with van der Waals surface area (Å²) in [5.41, 5.74) is 1.94. The molecule has 0 spiro atoms. The van der Waals surface area contributed by atoms with E-state index in [1.165, 1.54) is 7.11 Å². The Kier molecular flexibility index (Phi) is 4.72. The molecular weight excluding hydrogens is 268 g/mol. The number of esters is 1. The Morgan fingerprint density at radius 2 is 1.57 bits per heavy atom. The lowest BCUT2D eigenvalue weighted by Crippen LogP contribution is -2.14. The molecule has 0 bridgehead atoms. The van der Waals surface area contributed by atoms with Gasteiger partial charge in [0.1, 0.15) is 5.75 Å². The quantitative estimate of drug-likeness (QED) is 0.626. The summed E-state index contributed by atoms with van der Waals surface area (Å²) in [7, 11) is 1.29. The molecule has 0 unspecified atom stereocenters. The fraction of sp³-hybridized carbons (Fsp3) is 0.176. The Bertz CT molecular complexity index is 661. The molecule has 0 saturated heterocycles. The van der Waals surface area contributed by atoms with Crippen molar-refractivity contribution in [3.8, 4) is 5.75 Å². The van der Waals surface area contributed by atoms with Crippen LogP contribution >= 0.6 is 0 Å². The highest BCUT2D eigenvalue weighted by Crippen LogP contribution is 2.23. The third kappa shape index (κ3) is 3.48. The third-order valence-electron chi connectivity index (χ3n) is 3.09. The average Bonchev–Trinajstić information content (AvgIpc) is 2.52. The standard InChI is InChI=1S/C17H16O4/c1-12-7-3-4-8-13(12)17(19)14-9-5-6-10-15(14)21-11-16(18)20-2/h3-10H,11H2,1-2H3. The van der Waals surface area contributed by atoms with Crippen LogP contribution in [0.5, 0.6) is 5.75 Å². The molecule has 0 radical (unpaired) electrons. The number of aryl methyl sites for hydroxylation is 1. The van der Waals surface area contributed by atoms with E-state index < -0.39 is 5.97 Å². The van der Waals surface area contributed by atoms with Gasteiger partial charge in [-0.25, -0.2) is 4.79 Å². The van der Waals surface area contributed by atoms with Crippen molar-refractivity contribution in [2.75, 3.05) is 13.7 Å². The van der Waals surface area contributed by atoms with Crippen LogP contribution in [0.25, 0.3) is 0 Å². The van der Waals surface area contributed by atoms with E-state index in [9.17, 15) is 9.59 Å². The van der Waals surface area contributed by atoms with Crippen molar-refractivity contribution < 1.29 is 19.1 Å². The second-order valence-corrected chi connectivity index (χ2v) is 4.51. The molecule has 108 valence electrons. The molecule has 0 aliphatic heterocycles. The predicted octanol–water partition coefficient (Wildman–Crippen LogP) is 2.78. The predicted molar refractivity (Wildman–Crippen MR) is 78.6 cm³/mol. The van der Waals surface area contributed by atoms with E-state index in [0.29, 0.717) is 16.9 Å². The van der Waals surface area contributed by atoms with Crippen LogP contribution in [0.15, 0.2) is 48.5 Å². The molecule has 4 nitrogen and oxygen atoms in total. The van der Waals surface area contributed by atoms with Crippen molar-refractivity contribution in [3.05, 3.63) is 65.2 Å². The molecule has 0 saturated carbocycles. The van der Waals surface area contributed by atoms with Gasteiger partial charge in [-0.3, -0.25) is 4.79 Å². The molecule has 0 N–H and O–H groups in total. The Labute approximate surface area is 123 Å². The number of ketones is 1. The van der Waals surface area contributed by atoms with Gasteiger partial charge in [0.05, 0.1) is 12.7 Å². The van der Waals surface area contributed by atoms with Gasteiger partial charge in [0.25, 0.3) is 0 Å². The van der Waals surface area contributed by atoms with Crippen molar-refractivity contribution in [1.29, 1.82) is 0 Å². The summed E-state index contributed by atoms with van der Waals surface area (Å²) >= 11 is 0. The van der Waals surface area contributed by atoms with Crippen LogP contribution in [0.2, 0.25) is 0 Å². The largest absolute Gasteiger partial charge is 0.481 e. The van der Waals surface area contributed by atoms with Gasteiger partial charge < -0.3 is 9.47 Å². The molecule has 0 fully saturated rings. The lowest BCUT2D eigenvalue weighted by molar-refractivity contribution is -0.142. The molecule has 4 heteroatoms. The average molecular weight is 284 g/mol. The van der Waals surface area contributed by atoms with Crippen LogP contribution in [0.1, 0.15) is 21.5 Å². The normalized spacial score (nSPS) is 10.0. The second-order valence-electron chi connectivity index (χ2n) is 4.51. The summed E-state index contributed by atoms with van der Waals surface area (Å²) in [4.78, 5) is 23.8. The number of carbonyl (C=O) groups excluding carboxylic acids is 2. The van der Waals surface area contributed by atoms with Crippen LogP contribution in [-0.2, 0) is 9.53 Å². The van der Waals surface area contributed by atoms with Gasteiger partial charge >= 0.3 is 5.97 Å². The van der Waals surface area contributed by atoms with E-state index in [-0.39, 0.29) is 12.4 Å². The van der Waals surface area contributed by atoms with Crippen molar-refractivity contribution >= 4 is 11.8 Å². The van der Waals surface area contributed by atoms with Crippen molar-refractivity contribution in [2.45, 2.75) is 6.92 Å². The molecule has 2 rings (SSSR count). The number of hydrogen-bond donors (Lipinski definition) is 0. The Hall–Kier alpha value is -2.62. The smallest absolute Gasteiger partial charge is 0.343 e. The number of hydrogen-bond acceptors (Lipinski definition) is 4. The first-order chi connectivity index (χ1) is 10.1. The van der Waals surface area contributed by atoms with E-state index in [1.54, 1.807) is 30.3 Å². The van der Waals surface area contributed by atoms with Crippen LogP contribution in [0.4, 0.5) is 0 Å². The molecule has 21 heavy (non-hydrogen) atoms. The molecule has 0 amide bonds. The van der Waals surface area contributed by atoms with Crippen LogP contribution in [0.3, 0.4) is 0 Å². The van der Waals surface area contributed by atoms with Gasteiger partial charge in [0.15, 0.2) is 12.4 Å². The third-order valence-corrected chi connectivity index (χ3v) is 3.09. The molecule has 0 heterocycles. The van der Waals surface area contributed by atoms with E-state index in [4.69, 9.17) is 4.74 Å². The van der Waals surface area contributed by atoms with Gasteiger partial charge in [-0.1, -0.05) is 36.4 Å². The van der Waals surface area contributed by atoms with E-state index in [2.05, 4.69) is 4.74 Å². The number of ether oxygens (including phenoxy) is 2. The molecule has 0 aliphatic rings. The number of para-hydroxylation sites is 1. The van der Waals surface area contributed by atoms with Crippen molar-refractivity contribution in [1.82, 2.24) is 0 Å². The van der Waals surface area contributed by atoms with E-state index >= 15 is 0 Å². The van der Waals surface area contributed by atoms with Gasteiger partial charge in [0.2, 0.25) is 0 Å². The SMILES string of the molecule is COC(=O)COc1ccccc1C(=O)c1ccccc1C. The Morgan fingerprint density at radius 3 is 2.24 bits per heavy atom. The molecule has 2 aromatic carbocycles. The van der Waals surface area contributed by atoms with Crippen LogP contribution in [-0.4, -0.2) is 25.5 Å². The Morgan fingerprint density at radius 1 is 0.952 bits per heavy atom. The summed E-state index contributed by atoms with van der Waals surface area (Å²) in [5.74, 6) is -0.252.